The zero-order valence-electron chi connectivity index (χ0n) is 15.2. The molecule has 0 aliphatic carbocycles. The highest BCUT2D eigenvalue weighted by Gasteiger charge is 2.05. The van der Waals surface area contributed by atoms with Crippen molar-refractivity contribution in [2.24, 2.45) is 0 Å². The van der Waals surface area contributed by atoms with Gasteiger partial charge in [0.1, 0.15) is 12.0 Å². The molecule has 9 heteroatoms. The topological polar surface area (TPSA) is 112 Å². The van der Waals surface area contributed by atoms with E-state index in [1.807, 2.05) is 37.4 Å². The van der Waals surface area contributed by atoms with Crippen molar-refractivity contribution in [3.8, 4) is 0 Å². The molecule has 27 heavy (non-hydrogen) atoms. The van der Waals surface area contributed by atoms with Gasteiger partial charge in [-0.25, -0.2) is 9.78 Å². The van der Waals surface area contributed by atoms with Crippen LogP contribution in [0.4, 0.5) is 22.0 Å². The number of aromatic nitrogens is 1. The maximum absolute atomic E-state index is 11.7. The molecule has 2 aromatic rings. The lowest BCUT2D eigenvalue weighted by atomic mass is 10.3. The number of pyridine rings is 1. The molecule has 0 saturated carbocycles. The fourth-order valence-corrected chi connectivity index (χ4v) is 2.36. The van der Waals surface area contributed by atoms with E-state index in [2.05, 4.69) is 25.8 Å². The third-order valence-corrected chi connectivity index (χ3v) is 3.83. The number of urea groups is 1. The summed E-state index contributed by atoms with van der Waals surface area (Å²) in [7, 11) is 2.02. The molecule has 0 spiro atoms. The SMILES string of the molecule is CN(CCCNC(=O)NCCNc1ccc([N+](=O)[O-])cn1)c1ccccc1. The highest BCUT2D eigenvalue weighted by molar-refractivity contribution is 5.73. The molecule has 1 aromatic heterocycles. The third kappa shape index (κ3) is 7.18. The summed E-state index contributed by atoms with van der Waals surface area (Å²) in [6, 6.07) is 12.8. The van der Waals surface area contributed by atoms with Gasteiger partial charge in [-0.15, -0.1) is 0 Å². The number of benzene rings is 1. The summed E-state index contributed by atoms with van der Waals surface area (Å²) in [5.41, 5.74) is 1.09. The highest BCUT2D eigenvalue weighted by Crippen LogP contribution is 2.11. The Kier molecular flexibility index (Phi) is 7.83. The molecule has 3 N–H and O–H groups in total. The van der Waals surface area contributed by atoms with Gasteiger partial charge >= 0.3 is 6.03 Å². The van der Waals surface area contributed by atoms with Crippen LogP contribution in [-0.4, -0.2) is 49.2 Å². The number of amides is 2. The van der Waals surface area contributed by atoms with Gasteiger partial charge in [0.15, 0.2) is 0 Å². The molecule has 1 aromatic carbocycles. The minimum absolute atomic E-state index is 0.0593. The standard InChI is InChI=1S/C18H24N6O3/c1-23(15-6-3-2-4-7-15)13-5-10-20-18(25)21-12-11-19-17-9-8-16(14-22-17)24(26)27/h2-4,6-9,14H,5,10-13H2,1H3,(H,19,22)(H2,20,21,25). The van der Waals surface area contributed by atoms with Crippen molar-refractivity contribution in [3.63, 3.8) is 0 Å². The van der Waals surface area contributed by atoms with E-state index < -0.39 is 4.92 Å². The van der Waals surface area contributed by atoms with Crippen molar-refractivity contribution in [1.29, 1.82) is 0 Å². The first-order valence-corrected chi connectivity index (χ1v) is 8.68. The van der Waals surface area contributed by atoms with Crippen LogP contribution in [-0.2, 0) is 0 Å². The van der Waals surface area contributed by atoms with Gasteiger partial charge < -0.3 is 20.9 Å². The predicted octanol–water partition coefficient (Wildman–Crippen LogP) is 2.23. The number of hydrogen-bond acceptors (Lipinski definition) is 6. The number of nitro groups is 1. The molecular weight excluding hydrogens is 348 g/mol. The second-order valence-electron chi connectivity index (χ2n) is 5.88. The molecular formula is C18H24N6O3. The second-order valence-corrected chi connectivity index (χ2v) is 5.88. The zero-order chi connectivity index (χ0) is 19.5. The van der Waals surface area contributed by atoms with Gasteiger partial charge in [-0.1, -0.05) is 18.2 Å². The summed E-state index contributed by atoms with van der Waals surface area (Å²) >= 11 is 0. The predicted molar refractivity (Wildman–Crippen MR) is 105 cm³/mol. The minimum atomic E-state index is -0.500. The minimum Gasteiger partial charge on any atom is -0.375 e. The van der Waals surface area contributed by atoms with Crippen LogP contribution in [0.5, 0.6) is 0 Å². The summed E-state index contributed by atoms with van der Waals surface area (Å²) in [6.07, 6.45) is 2.03. The third-order valence-electron chi connectivity index (χ3n) is 3.83. The molecule has 0 radical (unpaired) electrons. The van der Waals surface area contributed by atoms with Crippen LogP contribution in [0.3, 0.4) is 0 Å². The summed E-state index contributed by atoms with van der Waals surface area (Å²) in [5.74, 6) is 0.520. The fourth-order valence-electron chi connectivity index (χ4n) is 2.36. The molecule has 144 valence electrons. The number of carbonyl (C=O) groups is 1. The van der Waals surface area contributed by atoms with Gasteiger partial charge in [-0.05, 0) is 24.6 Å². The van der Waals surface area contributed by atoms with Gasteiger partial charge in [-0.3, -0.25) is 10.1 Å². The van der Waals surface area contributed by atoms with Crippen molar-refractivity contribution in [3.05, 3.63) is 58.8 Å². The van der Waals surface area contributed by atoms with Crippen LogP contribution in [0.15, 0.2) is 48.7 Å². The van der Waals surface area contributed by atoms with E-state index in [0.29, 0.717) is 25.5 Å². The lowest BCUT2D eigenvalue weighted by Gasteiger charge is -2.19. The Hall–Kier alpha value is -3.36. The Morgan fingerprint density at radius 3 is 2.52 bits per heavy atom. The van der Waals surface area contributed by atoms with Crippen LogP contribution < -0.4 is 20.9 Å². The van der Waals surface area contributed by atoms with E-state index >= 15 is 0 Å². The van der Waals surface area contributed by atoms with Crippen molar-refractivity contribution in [1.82, 2.24) is 15.6 Å². The Balaban J connectivity index is 1.54. The van der Waals surface area contributed by atoms with E-state index in [9.17, 15) is 14.9 Å². The highest BCUT2D eigenvalue weighted by atomic mass is 16.6. The molecule has 9 nitrogen and oxygen atoms in total. The Bertz CT molecular complexity index is 724. The van der Waals surface area contributed by atoms with Gasteiger partial charge in [0.25, 0.3) is 5.69 Å². The number of nitrogens with one attached hydrogen (secondary N) is 3. The molecule has 0 fully saturated rings. The van der Waals surface area contributed by atoms with Gasteiger partial charge in [0, 0.05) is 45.0 Å². The normalized spacial score (nSPS) is 10.1. The lowest BCUT2D eigenvalue weighted by Crippen LogP contribution is -2.39. The molecule has 0 aliphatic heterocycles. The number of para-hydroxylation sites is 1. The van der Waals surface area contributed by atoms with Crippen LogP contribution in [0.1, 0.15) is 6.42 Å². The zero-order valence-corrected chi connectivity index (χ0v) is 15.2. The second kappa shape index (κ2) is 10.6. The first kappa shape index (κ1) is 20.0. The van der Waals surface area contributed by atoms with Gasteiger partial charge in [-0.2, -0.15) is 0 Å². The van der Waals surface area contributed by atoms with E-state index in [1.165, 1.54) is 18.3 Å². The van der Waals surface area contributed by atoms with Crippen molar-refractivity contribution in [2.75, 3.05) is 43.4 Å². The Morgan fingerprint density at radius 1 is 1.11 bits per heavy atom. The van der Waals surface area contributed by atoms with Crippen LogP contribution >= 0.6 is 0 Å². The summed E-state index contributed by atoms with van der Waals surface area (Å²) < 4.78 is 0. The number of anilines is 2. The Labute approximate surface area is 157 Å². The van der Waals surface area contributed by atoms with Crippen LogP contribution in [0.2, 0.25) is 0 Å². The maximum atomic E-state index is 11.7. The average Bonchev–Trinajstić information content (AvgIpc) is 2.69. The molecule has 0 aliphatic rings. The van der Waals surface area contributed by atoms with E-state index in [0.717, 1.165) is 18.7 Å². The molecule has 0 atom stereocenters. The number of nitrogens with zero attached hydrogens (tertiary/aromatic N) is 3. The fraction of sp³-hybridized carbons (Fsp3) is 0.333. The summed E-state index contributed by atoms with van der Waals surface area (Å²) in [5, 5.41) is 19.1. The van der Waals surface area contributed by atoms with Crippen LogP contribution in [0.25, 0.3) is 0 Å². The molecule has 0 bridgehead atoms. The van der Waals surface area contributed by atoms with Crippen molar-refractivity contribution >= 4 is 23.2 Å². The molecule has 0 saturated heterocycles. The largest absolute Gasteiger partial charge is 0.375 e. The maximum Gasteiger partial charge on any atom is 0.314 e. The van der Waals surface area contributed by atoms with Crippen molar-refractivity contribution in [2.45, 2.75) is 6.42 Å². The summed E-state index contributed by atoms with van der Waals surface area (Å²) in [6.45, 7) is 2.31. The van der Waals surface area contributed by atoms with E-state index in [1.54, 1.807) is 0 Å². The first-order valence-electron chi connectivity index (χ1n) is 8.68. The lowest BCUT2D eigenvalue weighted by molar-refractivity contribution is -0.385. The Morgan fingerprint density at radius 2 is 1.85 bits per heavy atom. The van der Waals surface area contributed by atoms with Crippen molar-refractivity contribution < 1.29 is 9.72 Å². The van der Waals surface area contributed by atoms with E-state index in [4.69, 9.17) is 0 Å². The molecule has 2 amide bonds. The number of carbonyl (C=O) groups excluding carboxylic acids is 1. The first-order chi connectivity index (χ1) is 13.1. The monoisotopic (exact) mass is 372 g/mol. The smallest absolute Gasteiger partial charge is 0.314 e. The summed E-state index contributed by atoms with van der Waals surface area (Å²) in [4.78, 5) is 27.9. The molecule has 2 rings (SSSR count). The number of rotatable bonds is 10. The molecule has 1 heterocycles. The van der Waals surface area contributed by atoms with Gasteiger partial charge in [0.2, 0.25) is 0 Å². The van der Waals surface area contributed by atoms with E-state index in [-0.39, 0.29) is 11.7 Å². The number of hydrogen-bond donors (Lipinski definition) is 3. The van der Waals surface area contributed by atoms with Crippen LogP contribution in [0, 0.1) is 10.1 Å². The molecule has 0 unspecified atom stereocenters. The quantitative estimate of drug-likeness (QED) is 0.335. The van der Waals surface area contributed by atoms with Gasteiger partial charge in [0.05, 0.1) is 4.92 Å². The average molecular weight is 372 g/mol.